The van der Waals surface area contributed by atoms with Crippen molar-refractivity contribution >= 4 is 39.5 Å². The van der Waals surface area contributed by atoms with Crippen molar-refractivity contribution in [3.05, 3.63) is 48.6 Å². The molecule has 562 valence electrons. The number of esters is 4. The van der Waals surface area contributed by atoms with Gasteiger partial charge in [-0.1, -0.05) is 307 Å². The number of aliphatic hydroxyl groups is 1. The van der Waals surface area contributed by atoms with Crippen LogP contribution in [0.2, 0.25) is 0 Å². The maximum Gasteiger partial charge on any atom is 0.472 e. The number of hydrogen-bond acceptors (Lipinski definition) is 15. The molecule has 0 saturated carbocycles. The average molecular weight is 1400 g/mol. The van der Waals surface area contributed by atoms with Crippen LogP contribution < -0.4 is 0 Å². The van der Waals surface area contributed by atoms with Gasteiger partial charge < -0.3 is 33.8 Å². The SMILES string of the molecule is CC/C=C\C/C=C\C/C=C\CCCCCCCCCC(=O)OCC(COP(=O)(O)OCC(O)COP(=O)(O)OCC(COC(=O)CCCCCCCCCCCCCCC)OC(=O)CCCCCCC/C=C\CCCC)OC(=O)CCCCCCCCCCCCCCCCC. The molecule has 0 aliphatic rings. The summed E-state index contributed by atoms with van der Waals surface area (Å²) >= 11 is 0. The summed E-state index contributed by atoms with van der Waals surface area (Å²) in [4.78, 5) is 72.8. The number of rotatable bonds is 74. The zero-order valence-corrected chi connectivity index (χ0v) is 63.1. The van der Waals surface area contributed by atoms with Crippen LogP contribution in [0.3, 0.4) is 0 Å². The molecule has 0 aliphatic carbocycles. The van der Waals surface area contributed by atoms with E-state index in [1.54, 1.807) is 0 Å². The van der Waals surface area contributed by atoms with Gasteiger partial charge in [0.25, 0.3) is 0 Å². The van der Waals surface area contributed by atoms with Crippen LogP contribution in [0.1, 0.15) is 362 Å². The van der Waals surface area contributed by atoms with Crippen molar-refractivity contribution in [3.8, 4) is 0 Å². The predicted molar refractivity (Wildman–Crippen MR) is 390 cm³/mol. The second-order valence-corrected chi connectivity index (χ2v) is 29.2. The fraction of sp³-hybridized carbons (Fsp3) is 0.844. The summed E-state index contributed by atoms with van der Waals surface area (Å²) in [6.07, 6.45) is 66.7. The summed E-state index contributed by atoms with van der Waals surface area (Å²) in [6, 6.07) is 0. The fourth-order valence-corrected chi connectivity index (χ4v) is 12.4. The minimum atomic E-state index is -4.97. The lowest BCUT2D eigenvalue weighted by Crippen LogP contribution is -2.30. The third kappa shape index (κ3) is 69.5. The van der Waals surface area contributed by atoms with Gasteiger partial charge in [0, 0.05) is 25.7 Å². The summed E-state index contributed by atoms with van der Waals surface area (Å²) in [7, 11) is -9.93. The number of unbranched alkanes of at least 4 members (excludes halogenated alkanes) is 40. The van der Waals surface area contributed by atoms with Gasteiger partial charge in [0.15, 0.2) is 12.2 Å². The summed E-state index contributed by atoms with van der Waals surface area (Å²) in [5.74, 6) is -2.16. The third-order valence-corrected chi connectivity index (χ3v) is 18.7. The average Bonchev–Trinajstić information content (AvgIpc) is 2.18. The number of hydrogen-bond donors (Lipinski definition) is 3. The molecule has 5 atom stereocenters. The Morgan fingerprint density at radius 1 is 0.302 bits per heavy atom. The first-order valence-electron chi connectivity index (χ1n) is 38.9. The minimum Gasteiger partial charge on any atom is -0.462 e. The maximum absolute atomic E-state index is 13.1. The summed E-state index contributed by atoms with van der Waals surface area (Å²) in [5, 5.41) is 10.6. The molecular weight excluding hydrogens is 1260 g/mol. The monoisotopic (exact) mass is 1400 g/mol. The Morgan fingerprint density at radius 3 is 0.875 bits per heavy atom. The van der Waals surface area contributed by atoms with E-state index in [4.69, 9.17) is 37.0 Å². The van der Waals surface area contributed by atoms with Crippen LogP contribution >= 0.6 is 15.6 Å². The number of phosphoric acid groups is 2. The Kier molecular flexibility index (Phi) is 68.3. The first-order chi connectivity index (χ1) is 46.7. The van der Waals surface area contributed by atoms with E-state index in [2.05, 4.69) is 76.3 Å². The topological polar surface area (TPSA) is 237 Å². The van der Waals surface area contributed by atoms with Crippen molar-refractivity contribution in [2.75, 3.05) is 39.6 Å². The Bertz CT molecular complexity index is 2010. The van der Waals surface area contributed by atoms with E-state index < -0.39 is 97.5 Å². The first kappa shape index (κ1) is 93.0. The van der Waals surface area contributed by atoms with Crippen molar-refractivity contribution in [2.24, 2.45) is 0 Å². The molecule has 3 N–H and O–H groups in total. The Hall–Kier alpha value is -2.98. The van der Waals surface area contributed by atoms with Crippen LogP contribution in [0.25, 0.3) is 0 Å². The molecule has 96 heavy (non-hydrogen) atoms. The smallest absolute Gasteiger partial charge is 0.462 e. The molecule has 0 saturated heterocycles. The zero-order chi connectivity index (χ0) is 70.4. The molecule has 0 heterocycles. The predicted octanol–water partition coefficient (Wildman–Crippen LogP) is 22.1. The molecule has 0 spiro atoms. The lowest BCUT2D eigenvalue weighted by Gasteiger charge is -2.21. The normalized spacial score (nSPS) is 14.2. The van der Waals surface area contributed by atoms with Gasteiger partial charge in [0.05, 0.1) is 26.4 Å². The molecule has 0 amide bonds. The Balaban J connectivity index is 5.28. The van der Waals surface area contributed by atoms with Crippen molar-refractivity contribution in [2.45, 2.75) is 380 Å². The van der Waals surface area contributed by atoms with Gasteiger partial charge in [0.2, 0.25) is 0 Å². The second-order valence-electron chi connectivity index (χ2n) is 26.3. The molecule has 0 fully saturated rings. The van der Waals surface area contributed by atoms with Crippen LogP contribution in [0, 0.1) is 0 Å². The summed E-state index contributed by atoms with van der Waals surface area (Å²) < 4.78 is 68.5. The van der Waals surface area contributed by atoms with E-state index in [1.165, 1.54) is 135 Å². The van der Waals surface area contributed by atoms with Crippen LogP contribution in [0.4, 0.5) is 0 Å². The highest BCUT2D eigenvalue weighted by Gasteiger charge is 2.30. The van der Waals surface area contributed by atoms with Crippen LogP contribution in [0.5, 0.6) is 0 Å². The van der Waals surface area contributed by atoms with E-state index >= 15 is 0 Å². The van der Waals surface area contributed by atoms with Gasteiger partial charge in [-0.05, 0) is 77.0 Å². The lowest BCUT2D eigenvalue weighted by molar-refractivity contribution is -0.161. The summed E-state index contributed by atoms with van der Waals surface area (Å²) in [5.41, 5.74) is 0. The molecular formula is C77H142O17P2. The molecule has 0 aliphatic heterocycles. The van der Waals surface area contributed by atoms with Crippen LogP contribution in [0.15, 0.2) is 48.6 Å². The van der Waals surface area contributed by atoms with Crippen LogP contribution in [-0.4, -0.2) is 96.7 Å². The van der Waals surface area contributed by atoms with Crippen LogP contribution in [-0.2, 0) is 65.4 Å². The van der Waals surface area contributed by atoms with Crippen molar-refractivity contribution in [3.63, 3.8) is 0 Å². The van der Waals surface area contributed by atoms with E-state index in [9.17, 15) is 43.2 Å². The lowest BCUT2D eigenvalue weighted by atomic mass is 10.0. The molecule has 0 aromatic heterocycles. The van der Waals surface area contributed by atoms with Gasteiger partial charge >= 0.3 is 39.5 Å². The standard InChI is InChI=1S/C77H142O17P2/c1-5-9-13-17-21-25-29-32-34-35-37-39-43-46-50-54-58-62-75(80)88-68-73(94-77(82)64-60-56-52-48-44-40-36-33-30-26-22-18-14-10-6-2)70-92-96(85,86)90-66-71(78)65-89-95(83,84)91-69-72(93-76(81)63-59-55-51-47-41-28-24-20-16-12-8-4)67-87-74(79)61-57-53-49-45-42-38-31-27-23-19-15-11-7-3/h9,13,20-21,24-25,32,34,71-73,78H,5-8,10-12,14-19,22-23,26-31,33,35-70H2,1-4H3,(H,83,84)(H,85,86)/b13-9-,24-20-,25-21-,34-32-. The molecule has 17 nitrogen and oxygen atoms in total. The number of ether oxygens (including phenoxy) is 4. The highest BCUT2D eigenvalue weighted by Crippen LogP contribution is 2.45. The largest absolute Gasteiger partial charge is 0.472 e. The molecule has 0 aromatic rings. The quantitative estimate of drug-likeness (QED) is 0.0169. The van der Waals surface area contributed by atoms with E-state index in [1.807, 2.05) is 0 Å². The fourth-order valence-electron chi connectivity index (χ4n) is 10.9. The zero-order valence-electron chi connectivity index (χ0n) is 61.3. The number of phosphoric ester groups is 2. The van der Waals surface area contributed by atoms with Gasteiger partial charge in [-0.25, -0.2) is 9.13 Å². The van der Waals surface area contributed by atoms with Gasteiger partial charge in [0.1, 0.15) is 19.3 Å². The van der Waals surface area contributed by atoms with Crippen molar-refractivity contribution < 1.29 is 80.2 Å². The van der Waals surface area contributed by atoms with Gasteiger partial charge in [-0.3, -0.25) is 37.3 Å². The van der Waals surface area contributed by atoms with E-state index in [-0.39, 0.29) is 25.7 Å². The molecule has 0 aromatic carbocycles. The number of aliphatic hydroxyl groups excluding tert-OH is 1. The first-order valence-corrected chi connectivity index (χ1v) is 41.9. The second kappa shape index (κ2) is 70.5. The number of allylic oxidation sites excluding steroid dienone is 8. The van der Waals surface area contributed by atoms with E-state index in [0.717, 1.165) is 148 Å². The van der Waals surface area contributed by atoms with Crippen molar-refractivity contribution in [1.82, 2.24) is 0 Å². The molecule has 19 heteroatoms. The molecule has 0 rings (SSSR count). The Labute approximate surface area is 585 Å². The van der Waals surface area contributed by atoms with E-state index in [0.29, 0.717) is 25.7 Å². The molecule has 0 bridgehead atoms. The highest BCUT2D eigenvalue weighted by atomic mass is 31.2. The molecule has 5 unspecified atom stereocenters. The van der Waals surface area contributed by atoms with Gasteiger partial charge in [-0.2, -0.15) is 0 Å². The minimum absolute atomic E-state index is 0.0911. The third-order valence-electron chi connectivity index (χ3n) is 16.8. The summed E-state index contributed by atoms with van der Waals surface area (Å²) in [6.45, 7) is 4.78. The maximum atomic E-state index is 13.1. The number of carbonyl (C=O) groups excluding carboxylic acids is 4. The van der Waals surface area contributed by atoms with Crippen molar-refractivity contribution in [1.29, 1.82) is 0 Å². The Morgan fingerprint density at radius 2 is 0.552 bits per heavy atom. The highest BCUT2D eigenvalue weighted by molar-refractivity contribution is 7.47. The molecule has 0 radical (unpaired) electrons. The number of carbonyl (C=O) groups is 4. The van der Waals surface area contributed by atoms with Gasteiger partial charge in [-0.15, -0.1) is 0 Å².